The van der Waals surface area contributed by atoms with E-state index in [1.807, 2.05) is 55.5 Å². The van der Waals surface area contributed by atoms with Gasteiger partial charge >= 0.3 is 6.03 Å². The van der Waals surface area contributed by atoms with Crippen LogP contribution in [0, 0.1) is 6.92 Å². The van der Waals surface area contributed by atoms with Crippen LogP contribution < -0.4 is 10.6 Å². The van der Waals surface area contributed by atoms with E-state index < -0.39 is 0 Å². The van der Waals surface area contributed by atoms with Crippen LogP contribution in [-0.2, 0) is 11.3 Å². The van der Waals surface area contributed by atoms with Gasteiger partial charge in [0, 0.05) is 25.2 Å². The maximum atomic E-state index is 12.5. The van der Waals surface area contributed by atoms with Crippen LogP contribution in [0.5, 0.6) is 0 Å². The first-order chi connectivity index (χ1) is 12.9. The van der Waals surface area contributed by atoms with Gasteiger partial charge in [-0.1, -0.05) is 62.4 Å². The summed E-state index contributed by atoms with van der Waals surface area (Å²) < 4.78 is 0. The average molecular weight is 365 g/mol. The fourth-order valence-corrected chi connectivity index (χ4v) is 3.50. The van der Waals surface area contributed by atoms with E-state index >= 15 is 0 Å². The number of nitrogens with zero attached hydrogens (tertiary/aromatic N) is 1. The Morgan fingerprint density at radius 2 is 1.89 bits per heavy atom. The SMILES string of the molecule is Cc1cccc(C(C)C)c1NC(=O)NC1CC(=O)N(Cc2ccccc2)C1. The minimum atomic E-state index is -0.259. The summed E-state index contributed by atoms with van der Waals surface area (Å²) in [6, 6.07) is 15.5. The van der Waals surface area contributed by atoms with Gasteiger partial charge in [-0.15, -0.1) is 0 Å². The van der Waals surface area contributed by atoms with Gasteiger partial charge in [-0.05, 0) is 29.5 Å². The number of benzene rings is 2. The van der Waals surface area contributed by atoms with Crippen LogP contribution in [0.3, 0.4) is 0 Å². The molecule has 1 fully saturated rings. The number of hydrogen-bond donors (Lipinski definition) is 2. The molecule has 3 rings (SSSR count). The molecule has 0 spiro atoms. The highest BCUT2D eigenvalue weighted by molar-refractivity contribution is 5.92. The van der Waals surface area contributed by atoms with Crippen molar-refractivity contribution in [1.29, 1.82) is 0 Å². The third kappa shape index (κ3) is 4.67. The van der Waals surface area contributed by atoms with Crippen molar-refractivity contribution in [3.8, 4) is 0 Å². The zero-order chi connectivity index (χ0) is 19.4. The van der Waals surface area contributed by atoms with Crippen molar-refractivity contribution in [2.75, 3.05) is 11.9 Å². The number of urea groups is 1. The summed E-state index contributed by atoms with van der Waals surface area (Å²) >= 11 is 0. The van der Waals surface area contributed by atoms with Gasteiger partial charge in [-0.25, -0.2) is 4.79 Å². The number of aryl methyl sites for hydroxylation is 1. The molecule has 5 nitrogen and oxygen atoms in total. The number of anilines is 1. The number of likely N-dealkylation sites (tertiary alicyclic amines) is 1. The Morgan fingerprint density at radius 3 is 2.59 bits per heavy atom. The number of nitrogens with one attached hydrogen (secondary N) is 2. The summed E-state index contributed by atoms with van der Waals surface area (Å²) in [5.74, 6) is 0.387. The standard InChI is InChI=1S/C22H27N3O2/c1-15(2)19-11-7-8-16(3)21(19)24-22(27)23-18-12-20(26)25(14-18)13-17-9-5-4-6-10-17/h4-11,15,18H,12-14H2,1-3H3,(H2,23,24,27). The van der Waals surface area contributed by atoms with Crippen LogP contribution >= 0.6 is 0 Å². The predicted octanol–water partition coefficient (Wildman–Crippen LogP) is 4.04. The Hall–Kier alpha value is -2.82. The van der Waals surface area contributed by atoms with Gasteiger partial charge in [0.05, 0.1) is 6.04 Å². The molecule has 0 bridgehead atoms. The largest absolute Gasteiger partial charge is 0.336 e. The van der Waals surface area contributed by atoms with E-state index in [0.717, 1.165) is 22.4 Å². The molecular weight excluding hydrogens is 338 g/mol. The summed E-state index contributed by atoms with van der Waals surface area (Å²) in [5, 5.41) is 5.94. The number of rotatable bonds is 5. The fraction of sp³-hybridized carbons (Fsp3) is 0.364. The molecule has 2 aromatic carbocycles. The Balaban J connectivity index is 1.60. The molecule has 2 N–H and O–H groups in total. The normalized spacial score (nSPS) is 16.7. The Bertz CT molecular complexity index is 818. The van der Waals surface area contributed by atoms with Crippen LogP contribution in [0.1, 0.15) is 42.9 Å². The van der Waals surface area contributed by atoms with Crippen molar-refractivity contribution in [2.45, 2.75) is 45.7 Å². The number of amides is 3. The lowest BCUT2D eigenvalue weighted by atomic mass is 9.98. The summed E-state index contributed by atoms with van der Waals surface area (Å²) in [6.45, 7) is 7.31. The maximum absolute atomic E-state index is 12.5. The second-order valence-corrected chi connectivity index (χ2v) is 7.45. The van der Waals surface area contributed by atoms with Crippen molar-refractivity contribution < 1.29 is 9.59 Å². The molecule has 1 atom stereocenters. The van der Waals surface area contributed by atoms with E-state index in [-0.39, 0.29) is 18.0 Å². The van der Waals surface area contributed by atoms with Crippen LogP contribution in [0.15, 0.2) is 48.5 Å². The highest BCUT2D eigenvalue weighted by atomic mass is 16.2. The van der Waals surface area contributed by atoms with Crippen LogP contribution in [0.2, 0.25) is 0 Å². The Morgan fingerprint density at radius 1 is 1.15 bits per heavy atom. The lowest BCUT2D eigenvalue weighted by molar-refractivity contribution is -0.128. The first kappa shape index (κ1) is 19.0. The molecule has 3 amide bonds. The molecule has 2 aromatic rings. The smallest absolute Gasteiger partial charge is 0.319 e. The Kier molecular flexibility index (Phi) is 5.79. The minimum Gasteiger partial charge on any atom is -0.336 e. The molecule has 1 heterocycles. The summed E-state index contributed by atoms with van der Waals surface area (Å²) in [5.41, 5.74) is 4.09. The van der Waals surface area contributed by atoms with E-state index in [9.17, 15) is 9.59 Å². The molecule has 1 aliphatic heterocycles. The quantitative estimate of drug-likeness (QED) is 0.840. The molecule has 0 saturated carbocycles. The molecule has 1 unspecified atom stereocenters. The predicted molar refractivity (Wildman–Crippen MR) is 108 cm³/mol. The molecule has 0 radical (unpaired) electrons. The molecule has 27 heavy (non-hydrogen) atoms. The fourth-order valence-electron chi connectivity index (χ4n) is 3.50. The monoisotopic (exact) mass is 365 g/mol. The van der Waals surface area contributed by atoms with Crippen LogP contribution in [0.25, 0.3) is 0 Å². The average Bonchev–Trinajstić information content (AvgIpc) is 2.96. The van der Waals surface area contributed by atoms with Gasteiger partial charge in [-0.3, -0.25) is 4.79 Å². The van der Waals surface area contributed by atoms with Crippen LogP contribution in [0.4, 0.5) is 10.5 Å². The van der Waals surface area contributed by atoms with Crippen molar-refractivity contribution in [3.63, 3.8) is 0 Å². The highest BCUT2D eigenvalue weighted by Gasteiger charge is 2.30. The zero-order valence-corrected chi connectivity index (χ0v) is 16.2. The topological polar surface area (TPSA) is 61.4 Å². The van der Waals surface area contributed by atoms with E-state index in [1.54, 1.807) is 4.90 Å². The molecule has 5 heteroatoms. The van der Waals surface area contributed by atoms with E-state index in [2.05, 4.69) is 24.5 Å². The lowest BCUT2D eigenvalue weighted by Crippen LogP contribution is -2.40. The molecular formula is C22H27N3O2. The first-order valence-corrected chi connectivity index (χ1v) is 9.42. The molecule has 0 aliphatic carbocycles. The van der Waals surface area contributed by atoms with Gasteiger partial charge in [0.2, 0.25) is 5.91 Å². The molecule has 142 valence electrons. The summed E-state index contributed by atoms with van der Waals surface area (Å²) in [7, 11) is 0. The molecule has 0 aromatic heterocycles. The van der Waals surface area contributed by atoms with E-state index in [1.165, 1.54) is 0 Å². The lowest BCUT2D eigenvalue weighted by Gasteiger charge is -2.19. The number of carbonyl (C=O) groups is 2. The third-order valence-corrected chi connectivity index (χ3v) is 4.93. The molecule has 1 saturated heterocycles. The number of carbonyl (C=O) groups excluding carboxylic acids is 2. The Labute approximate surface area is 160 Å². The summed E-state index contributed by atoms with van der Waals surface area (Å²) in [6.07, 6.45) is 0.338. The number of para-hydroxylation sites is 1. The number of hydrogen-bond acceptors (Lipinski definition) is 2. The first-order valence-electron chi connectivity index (χ1n) is 9.42. The second kappa shape index (κ2) is 8.25. The maximum Gasteiger partial charge on any atom is 0.319 e. The zero-order valence-electron chi connectivity index (χ0n) is 16.2. The second-order valence-electron chi connectivity index (χ2n) is 7.45. The summed E-state index contributed by atoms with van der Waals surface area (Å²) in [4.78, 5) is 26.6. The van der Waals surface area contributed by atoms with Crippen LogP contribution in [-0.4, -0.2) is 29.4 Å². The van der Waals surface area contributed by atoms with E-state index in [4.69, 9.17) is 0 Å². The van der Waals surface area contributed by atoms with Crippen molar-refractivity contribution in [2.24, 2.45) is 0 Å². The highest BCUT2D eigenvalue weighted by Crippen LogP contribution is 2.27. The van der Waals surface area contributed by atoms with Gasteiger partial charge in [0.1, 0.15) is 0 Å². The van der Waals surface area contributed by atoms with Gasteiger partial charge < -0.3 is 15.5 Å². The van der Waals surface area contributed by atoms with Gasteiger partial charge in [-0.2, -0.15) is 0 Å². The minimum absolute atomic E-state index is 0.0721. The third-order valence-electron chi connectivity index (χ3n) is 4.93. The van der Waals surface area contributed by atoms with Crippen molar-refractivity contribution in [1.82, 2.24) is 10.2 Å². The van der Waals surface area contributed by atoms with Crippen molar-refractivity contribution in [3.05, 3.63) is 65.2 Å². The van der Waals surface area contributed by atoms with Crippen molar-refractivity contribution >= 4 is 17.6 Å². The van der Waals surface area contributed by atoms with Gasteiger partial charge in [0.25, 0.3) is 0 Å². The van der Waals surface area contributed by atoms with E-state index in [0.29, 0.717) is 25.4 Å². The molecule has 1 aliphatic rings. The van der Waals surface area contributed by atoms with Gasteiger partial charge in [0.15, 0.2) is 0 Å².